The van der Waals surface area contributed by atoms with Crippen LogP contribution < -0.4 is 10.1 Å². The lowest BCUT2D eigenvalue weighted by Crippen LogP contribution is -2.44. The summed E-state index contributed by atoms with van der Waals surface area (Å²) in [5.74, 6) is 0.902. The van der Waals surface area contributed by atoms with Crippen molar-refractivity contribution in [3.8, 4) is 5.75 Å². The lowest BCUT2D eigenvalue weighted by Gasteiger charge is -2.47. The van der Waals surface area contributed by atoms with Crippen LogP contribution >= 0.6 is 0 Å². The van der Waals surface area contributed by atoms with E-state index in [1.807, 2.05) is 13.1 Å². The molecule has 100 valence electrons. The third-order valence-corrected chi connectivity index (χ3v) is 4.26. The van der Waals surface area contributed by atoms with E-state index in [2.05, 4.69) is 24.4 Å². The first-order valence-corrected chi connectivity index (χ1v) is 6.59. The van der Waals surface area contributed by atoms with Crippen molar-refractivity contribution in [2.75, 3.05) is 20.8 Å². The van der Waals surface area contributed by atoms with Crippen molar-refractivity contribution in [1.29, 1.82) is 0 Å². The molecular formula is C15H23NO2. The van der Waals surface area contributed by atoms with Gasteiger partial charge in [-0.25, -0.2) is 0 Å². The number of hydrogen-bond donors (Lipinski definition) is 2. The molecule has 1 unspecified atom stereocenters. The van der Waals surface area contributed by atoms with Gasteiger partial charge in [0.05, 0.1) is 13.7 Å². The highest BCUT2D eigenvalue weighted by atomic mass is 16.5. The molecule has 1 atom stereocenters. The minimum atomic E-state index is -0.0180. The van der Waals surface area contributed by atoms with E-state index in [1.165, 1.54) is 12.0 Å². The summed E-state index contributed by atoms with van der Waals surface area (Å²) >= 11 is 0. The number of aliphatic hydroxyl groups is 1. The smallest absolute Gasteiger partial charge is 0.123 e. The van der Waals surface area contributed by atoms with Crippen LogP contribution in [0.4, 0.5) is 0 Å². The fraction of sp³-hybridized carbons (Fsp3) is 0.600. The van der Waals surface area contributed by atoms with Gasteiger partial charge in [-0.1, -0.05) is 24.1 Å². The van der Waals surface area contributed by atoms with Gasteiger partial charge in [-0.3, -0.25) is 0 Å². The Kier molecular flexibility index (Phi) is 3.93. The van der Waals surface area contributed by atoms with Gasteiger partial charge in [0.25, 0.3) is 0 Å². The molecule has 0 bridgehead atoms. The summed E-state index contributed by atoms with van der Waals surface area (Å²) in [6.45, 7) is 2.32. The van der Waals surface area contributed by atoms with E-state index in [0.29, 0.717) is 0 Å². The van der Waals surface area contributed by atoms with Crippen LogP contribution in [0.2, 0.25) is 0 Å². The second-order valence-corrected chi connectivity index (χ2v) is 5.34. The third-order valence-electron chi connectivity index (χ3n) is 4.26. The summed E-state index contributed by atoms with van der Waals surface area (Å²) in [5.41, 5.74) is 2.36. The topological polar surface area (TPSA) is 41.5 Å². The van der Waals surface area contributed by atoms with Crippen LogP contribution in [0.25, 0.3) is 0 Å². The largest absolute Gasteiger partial charge is 0.496 e. The molecule has 1 saturated carbocycles. The molecule has 1 aromatic carbocycles. The van der Waals surface area contributed by atoms with E-state index in [1.54, 1.807) is 7.11 Å². The number of ether oxygens (including phenoxy) is 1. The van der Waals surface area contributed by atoms with Crippen LogP contribution in [0.5, 0.6) is 5.75 Å². The summed E-state index contributed by atoms with van der Waals surface area (Å²) < 4.78 is 5.47. The maximum Gasteiger partial charge on any atom is 0.123 e. The van der Waals surface area contributed by atoms with Crippen molar-refractivity contribution in [2.45, 2.75) is 32.2 Å². The van der Waals surface area contributed by atoms with E-state index in [4.69, 9.17) is 4.74 Å². The predicted molar refractivity (Wildman–Crippen MR) is 72.9 cm³/mol. The van der Waals surface area contributed by atoms with Crippen LogP contribution in [0.1, 0.15) is 36.4 Å². The van der Waals surface area contributed by atoms with Gasteiger partial charge in [0.15, 0.2) is 0 Å². The normalized spacial score (nSPS) is 19.1. The molecule has 0 spiro atoms. The van der Waals surface area contributed by atoms with Crippen molar-refractivity contribution in [2.24, 2.45) is 5.41 Å². The van der Waals surface area contributed by atoms with Crippen molar-refractivity contribution in [3.05, 3.63) is 29.3 Å². The summed E-state index contributed by atoms with van der Waals surface area (Å²) in [5, 5.41) is 13.1. The van der Waals surface area contributed by atoms with E-state index in [-0.39, 0.29) is 18.1 Å². The molecule has 0 heterocycles. The highest BCUT2D eigenvalue weighted by Gasteiger charge is 2.44. The van der Waals surface area contributed by atoms with Crippen molar-refractivity contribution >= 4 is 0 Å². The fourth-order valence-electron chi connectivity index (χ4n) is 3.04. The Hall–Kier alpha value is -1.06. The molecule has 0 saturated heterocycles. The van der Waals surface area contributed by atoms with Crippen LogP contribution in [0, 0.1) is 12.3 Å². The Morgan fingerprint density at radius 2 is 2.17 bits per heavy atom. The van der Waals surface area contributed by atoms with E-state index in [0.717, 1.165) is 24.2 Å². The molecule has 1 aromatic rings. The maximum absolute atomic E-state index is 9.75. The lowest BCUT2D eigenvalue weighted by atomic mass is 9.62. The Morgan fingerprint density at radius 1 is 1.44 bits per heavy atom. The quantitative estimate of drug-likeness (QED) is 0.842. The number of rotatable bonds is 5. The SMILES string of the molecule is CNC(c1cc(C)ccc1OC)C1(CO)CCC1. The minimum Gasteiger partial charge on any atom is -0.496 e. The number of hydrogen-bond acceptors (Lipinski definition) is 3. The van der Waals surface area contributed by atoms with Crippen molar-refractivity contribution < 1.29 is 9.84 Å². The molecule has 2 rings (SSSR count). The van der Waals surface area contributed by atoms with Gasteiger partial charge < -0.3 is 15.2 Å². The molecule has 0 aromatic heterocycles. The molecule has 18 heavy (non-hydrogen) atoms. The zero-order valence-corrected chi connectivity index (χ0v) is 11.5. The Bertz CT molecular complexity index is 407. The lowest BCUT2D eigenvalue weighted by molar-refractivity contribution is 0.00712. The van der Waals surface area contributed by atoms with E-state index in [9.17, 15) is 5.11 Å². The number of benzene rings is 1. The van der Waals surface area contributed by atoms with Gasteiger partial charge in [0.2, 0.25) is 0 Å². The van der Waals surface area contributed by atoms with Crippen LogP contribution in [0.15, 0.2) is 18.2 Å². The first-order valence-electron chi connectivity index (χ1n) is 6.59. The summed E-state index contributed by atoms with van der Waals surface area (Å²) in [6, 6.07) is 6.39. The van der Waals surface area contributed by atoms with Gasteiger partial charge in [0.1, 0.15) is 5.75 Å². The molecule has 1 fully saturated rings. The molecule has 2 N–H and O–H groups in total. The fourth-order valence-corrected chi connectivity index (χ4v) is 3.04. The van der Waals surface area contributed by atoms with Crippen molar-refractivity contribution in [3.63, 3.8) is 0 Å². The molecule has 0 amide bonds. The standard InChI is InChI=1S/C15H23NO2/c1-11-5-6-13(18-3)12(9-11)14(16-2)15(10-17)7-4-8-15/h5-6,9,14,16-17H,4,7-8,10H2,1-3H3. The second kappa shape index (κ2) is 5.29. The number of methoxy groups -OCH3 is 1. The second-order valence-electron chi connectivity index (χ2n) is 5.34. The number of nitrogens with one attached hydrogen (secondary N) is 1. The van der Waals surface area contributed by atoms with Crippen molar-refractivity contribution in [1.82, 2.24) is 5.32 Å². The highest BCUT2D eigenvalue weighted by Crippen LogP contribution is 2.51. The Morgan fingerprint density at radius 3 is 2.61 bits per heavy atom. The molecule has 3 heteroatoms. The first-order chi connectivity index (χ1) is 8.66. The molecule has 1 aliphatic rings. The molecule has 0 radical (unpaired) electrons. The summed E-state index contributed by atoms with van der Waals surface area (Å²) in [6.07, 6.45) is 3.35. The molecule has 0 aliphatic heterocycles. The zero-order chi connectivity index (χ0) is 13.2. The van der Waals surface area contributed by atoms with Crippen LogP contribution in [-0.2, 0) is 0 Å². The van der Waals surface area contributed by atoms with Gasteiger partial charge in [-0.05, 0) is 32.9 Å². The molecule has 1 aliphatic carbocycles. The molecular weight excluding hydrogens is 226 g/mol. The number of aliphatic hydroxyl groups excluding tert-OH is 1. The van der Waals surface area contributed by atoms with Crippen LogP contribution in [-0.4, -0.2) is 25.9 Å². The molecule has 3 nitrogen and oxygen atoms in total. The third kappa shape index (κ3) is 2.13. The van der Waals surface area contributed by atoms with Gasteiger partial charge in [-0.15, -0.1) is 0 Å². The van der Waals surface area contributed by atoms with Gasteiger partial charge in [0, 0.05) is 17.0 Å². The first kappa shape index (κ1) is 13.4. The minimum absolute atomic E-state index is 0.0180. The van der Waals surface area contributed by atoms with Gasteiger partial charge in [-0.2, -0.15) is 0 Å². The monoisotopic (exact) mass is 249 g/mol. The predicted octanol–water partition coefficient (Wildman–Crippen LogP) is 2.43. The summed E-state index contributed by atoms with van der Waals surface area (Å²) in [7, 11) is 3.66. The average Bonchev–Trinajstić information content (AvgIpc) is 2.33. The average molecular weight is 249 g/mol. The number of aryl methyl sites for hydroxylation is 1. The zero-order valence-electron chi connectivity index (χ0n) is 11.5. The maximum atomic E-state index is 9.75. The van der Waals surface area contributed by atoms with E-state index >= 15 is 0 Å². The Balaban J connectivity index is 2.40. The van der Waals surface area contributed by atoms with Crippen LogP contribution in [0.3, 0.4) is 0 Å². The highest BCUT2D eigenvalue weighted by molar-refractivity contribution is 5.40. The Labute approximate surface area is 109 Å². The van der Waals surface area contributed by atoms with Gasteiger partial charge >= 0.3 is 0 Å². The van der Waals surface area contributed by atoms with E-state index < -0.39 is 0 Å². The summed E-state index contributed by atoms with van der Waals surface area (Å²) in [4.78, 5) is 0.